The Morgan fingerprint density at radius 3 is 1.51 bits per heavy atom. The van der Waals surface area contributed by atoms with Crippen LogP contribution in [-0.2, 0) is 11.0 Å². The maximum absolute atomic E-state index is 6.71. The first kappa shape index (κ1) is 22.2. The van der Waals surface area contributed by atoms with Gasteiger partial charge in [0.1, 0.15) is 22.7 Å². The number of hydrogen-bond acceptors (Lipinski definition) is 3. The summed E-state index contributed by atoms with van der Waals surface area (Å²) >= 11 is 0. The molecule has 2 heterocycles. The van der Waals surface area contributed by atoms with Crippen LogP contribution < -0.4 is 0 Å². The van der Waals surface area contributed by atoms with Crippen molar-refractivity contribution < 1.29 is 8.83 Å². The second kappa shape index (κ2) is 8.13. The third-order valence-electron chi connectivity index (χ3n) is 8.65. The van der Waals surface area contributed by atoms with E-state index in [2.05, 4.69) is 112 Å². The first-order valence-electron chi connectivity index (χ1n) is 12.7. The summed E-state index contributed by atoms with van der Waals surface area (Å²) in [6.07, 6.45) is 3.97. The molecule has 0 N–H and O–H groups in total. The molecule has 3 aromatic carbocycles. The molecule has 2 aromatic heterocycles. The van der Waals surface area contributed by atoms with Crippen molar-refractivity contribution >= 4 is 21.9 Å². The standard InChI is InChI=1S/C32H33NO2/c1-22-25-14-8-10-16-27(25)34-29(22)31(30-23(2)26-15-9-11-17-28(26)35-30)18-20-32(21-19-31,33(3)4)24-12-6-5-7-13-24/h5-17H,18-21H2,1-4H3. The highest BCUT2D eigenvalue weighted by molar-refractivity contribution is 5.84. The van der Waals surface area contributed by atoms with E-state index in [9.17, 15) is 0 Å². The van der Waals surface area contributed by atoms with E-state index in [0.717, 1.165) is 48.4 Å². The minimum atomic E-state index is -0.305. The summed E-state index contributed by atoms with van der Waals surface area (Å²) in [6, 6.07) is 27.8. The predicted molar refractivity (Wildman–Crippen MR) is 143 cm³/mol. The fourth-order valence-corrected chi connectivity index (χ4v) is 6.65. The van der Waals surface area contributed by atoms with Crippen LogP contribution in [-0.4, -0.2) is 19.0 Å². The molecule has 0 spiro atoms. The highest BCUT2D eigenvalue weighted by atomic mass is 16.4. The van der Waals surface area contributed by atoms with Gasteiger partial charge in [0.15, 0.2) is 0 Å². The van der Waals surface area contributed by atoms with Crippen LogP contribution in [0.5, 0.6) is 0 Å². The predicted octanol–water partition coefficient (Wildman–Crippen LogP) is 8.11. The van der Waals surface area contributed by atoms with Gasteiger partial charge in [-0.05, 0) is 82.4 Å². The van der Waals surface area contributed by atoms with Crippen molar-refractivity contribution in [3.05, 3.63) is 107 Å². The van der Waals surface area contributed by atoms with E-state index in [0.29, 0.717) is 0 Å². The molecule has 3 heteroatoms. The smallest absolute Gasteiger partial charge is 0.134 e. The number of aryl methyl sites for hydroxylation is 2. The molecular formula is C32H33NO2. The zero-order chi connectivity index (χ0) is 24.2. The van der Waals surface area contributed by atoms with Crippen molar-refractivity contribution in [3.8, 4) is 0 Å². The zero-order valence-electron chi connectivity index (χ0n) is 21.1. The Labute approximate surface area is 207 Å². The molecular weight excluding hydrogens is 430 g/mol. The normalized spacial score (nSPS) is 17.4. The van der Waals surface area contributed by atoms with E-state index in [4.69, 9.17) is 8.83 Å². The SMILES string of the molecule is Cc1c(C2(c3oc4ccccc4c3C)CCC(c3ccccc3)(N(C)C)CC2)oc2ccccc12. The highest BCUT2D eigenvalue weighted by Crippen LogP contribution is 2.55. The molecule has 1 fully saturated rings. The van der Waals surface area contributed by atoms with E-state index in [1.165, 1.54) is 27.5 Å². The Morgan fingerprint density at radius 1 is 0.600 bits per heavy atom. The molecule has 0 amide bonds. The minimum Gasteiger partial charge on any atom is -0.460 e. The maximum atomic E-state index is 6.71. The van der Waals surface area contributed by atoms with Gasteiger partial charge in [0, 0.05) is 16.3 Å². The fourth-order valence-electron chi connectivity index (χ4n) is 6.65. The lowest BCUT2D eigenvalue weighted by molar-refractivity contribution is 0.0637. The van der Waals surface area contributed by atoms with E-state index >= 15 is 0 Å². The zero-order valence-corrected chi connectivity index (χ0v) is 21.1. The fraction of sp³-hybridized carbons (Fsp3) is 0.312. The molecule has 35 heavy (non-hydrogen) atoms. The molecule has 0 bridgehead atoms. The third kappa shape index (κ3) is 3.21. The lowest BCUT2D eigenvalue weighted by Gasteiger charge is -2.49. The van der Waals surface area contributed by atoms with Gasteiger partial charge < -0.3 is 8.83 Å². The average molecular weight is 464 g/mol. The van der Waals surface area contributed by atoms with Crippen LogP contribution in [0.1, 0.15) is 53.9 Å². The van der Waals surface area contributed by atoms with Crippen molar-refractivity contribution in [1.82, 2.24) is 4.90 Å². The molecule has 0 unspecified atom stereocenters. The Morgan fingerprint density at radius 2 is 1.06 bits per heavy atom. The van der Waals surface area contributed by atoms with Crippen molar-refractivity contribution in [1.29, 1.82) is 0 Å². The van der Waals surface area contributed by atoms with Gasteiger partial charge in [0.05, 0.1) is 5.41 Å². The molecule has 5 aromatic rings. The van der Waals surface area contributed by atoms with Crippen molar-refractivity contribution in [3.63, 3.8) is 0 Å². The van der Waals surface area contributed by atoms with Crippen LogP contribution in [0.4, 0.5) is 0 Å². The van der Waals surface area contributed by atoms with E-state index in [1.54, 1.807) is 0 Å². The average Bonchev–Trinajstić information content (AvgIpc) is 3.42. The van der Waals surface area contributed by atoms with Crippen molar-refractivity contribution in [2.75, 3.05) is 14.1 Å². The lowest BCUT2D eigenvalue weighted by atomic mass is 9.61. The molecule has 1 saturated carbocycles. The van der Waals surface area contributed by atoms with Gasteiger partial charge in [-0.15, -0.1) is 0 Å². The van der Waals surface area contributed by atoms with Crippen LogP contribution >= 0.6 is 0 Å². The molecule has 3 nitrogen and oxygen atoms in total. The molecule has 0 atom stereocenters. The second-order valence-electron chi connectivity index (χ2n) is 10.5. The number of nitrogens with zero attached hydrogens (tertiary/aromatic N) is 1. The van der Waals surface area contributed by atoms with Gasteiger partial charge in [-0.1, -0.05) is 66.7 Å². The summed E-state index contributed by atoms with van der Waals surface area (Å²) < 4.78 is 13.4. The van der Waals surface area contributed by atoms with Crippen LogP contribution in [0.15, 0.2) is 87.7 Å². The summed E-state index contributed by atoms with van der Waals surface area (Å²) in [6.45, 7) is 4.43. The first-order valence-corrected chi connectivity index (χ1v) is 12.7. The number of fused-ring (bicyclic) bond motifs is 2. The number of hydrogen-bond donors (Lipinski definition) is 0. The number of para-hydroxylation sites is 2. The summed E-state index contributed by atoms with van der Waals surface area (Å²) in [5.41, 5.74) is 5.46. The van der Waals surface area contributed by atoms with Crippen molar-refractivity contribution in [2.45, 2.75) is 50.5 Å². The Hall–Kier alpha value is -3.30. The third-order valence-corrected chi connectivity index (χ3v) is 8.65. The summed E-state index contributed by atoms with van der Waals surface area (Å²) in [5.74, 6) is 2.14. The molecule has 1 aliphatic carbocycles. The topological polar surface area (TPSA) is 29.5 Å². The van der Waals surface area contributed by atoms with E-state index < -0.39 is 0 Å². The van der Waals surface area contributed by atoms with Crippen LogP contribution in [0, 0.1) is 13.8 Å². The molecule has 6 rings (SSSR count). The molecule has 178 valence electrons. The number of furan rings is 2. The van der Waals surface area contributed by atoms with Gasteiger partial charge in [0.25, 0.3) is 0 Å². The molecule has 1 aliphatic rings. The van der Waals surface area contributed by atoms with Gasteiger partial charge in [-0.3, -0.25) is 4.90 Å². The summed E-state index contributed by atoms with van der Waals surface area (Å²) in [4.78, 5) is 2.42. The molecule has 0 saturated heterocycles. The monoisotopic (exact) mass is 463 g/mol. The van der Waals surface area contributed by atoms with Gasteiger partial charge in [-0.25, -0.2) is 0 Å². The van der Waals surface area contributed by atoms with Crippen LogP contribution in [0.25, 0.3) is 21.9 Å². The Bertz CT molecular complexity index is 1410. The minimum absolute atomic E-state index is 0.00932. The van der Waals surface area contributed by atoms with Crippen molar-refractivity contribution in [2.24, 2.45) is 0 Å². The van der Waals surface area contributed by atoms with Gasteiger partial charge >= 0.3 is 0 Å². The van der Waals surface area contributed by atoms with Gasteiger partial charge in [0.2, 0.25) is 0 Å². The van der Waals surface area contributed by atoms with E-state index in [-0.39, 0.29) is 11.0 Å². The first-order chi connectivity index (χ1) is 17.0. The molecule has 0 aliphatic heterocycles. The summed E-state index contributed by atoms with van der Waals surface area (Å²) in [7, 11) is 4.44. The quantitative estimate of drug-likeness (QED) is 0.269. The second-order valence-corrected chi connectivity index (χ2v) is 10.5. The van der Waals surface area contributed by atoms with Crippen LogP contribution in [0.2, 0.25) is 0 Å². The van der Waals surface area contributed by atoms with E-state index in [1.807, 2.05) is 0 Å². The summed E-state index contributed by atoms with van der Waals surface area (Å²) in [5, 5.41) is 2.39. The Kier molecular flexibility index (Phi) is 5.16. The number of benzene rings is 3. The lowest BCUT2D eigenvalue weighted by Crippen LogP contribution is -2.48. The molecule has 0 radical (unpaired) electrons. The van der Waals surface area contributed by atoms with Crippen LogP contribution in [0.3, 0.4) is 0 Å². The maximum Gasteiger partial charge on any atom is 0.134 e. The highest BCUT2D eigenvalue weighted by Gasteiger charge is 2.51. The Balaban J connectivity index is 1.55. The number of rotatable bonds is 4. The largest absolute Gasteiger partial charge is 0.460 e. The van der Waals surface area contributed by atoms with Gasteiger partial charge in [-0.2, -0.15) is 0 Å².